The predicted molar refractivity (Wildman–Crippen MR) is 70.1 cm³/mol. The van der Waals surface area contributed by atoms with E-state index in [0.717, 1.165) is 24.1 Å². The first-order chi connectivity index (χ1) is 9.06. The highest BCUT2D eigenvalue weighted by molar-refractivity contribution is 5.70. The van der Waals surface area contributed by atoms with Gasteiger partial charge in [0.05, 0.1) is 19.1 Å². The second-order valence-corrected chi connectivity index (χ2v) is 4.57. The molecule has 0 aliphatic carbocycles. The molecule has 2 N–H and O–H groups in total. The third kappa shape index (κ3) is 3.40. The van der Waals surface area contributed by atoms with Crippen LogP contribution in [0, 0.1) is 5.92 Å². The van der Waals surface area contributed by atoms with Gasteiger partial charge in [-0.15, -0.1) is 0 Å². The maximum Gasteiger partial charge on any atom is 0.302 e. The van der Waals surface area contributed by atoms with E-state index in [9.17, 15) is 4.79 Å². The number of nitrogen functional groups attached to an aromatic ring is 1. The molecule has 0 aliphatic heterocycles. The third-order valence-corrected chi connectivity index (χ3v) is 2.81. The van der Waals surface area contributed by atoms with Crippen LogP contribution in [-0.2, 0) is 16.1 Å². The molecule has 1 atom stereocenters. The Morgan fingerprint density at radius 1 is 1.53 bits per heavy atom. The summed E-state index contributed by atoms with van der Waals surface area (Å²) >= 11 is 0. The first-order valence-electron chi connectivity index (χ1n) is 6.13. The number of hydrogen-bond donors (Lipinski definition) is 1. The number of imidazole rings is 1. The molecule has 0 radical (unpaired) electrons. The molecule has 0 aliphatic rings. The van der Waals surface area contributed by atoms with Crippen molar-refractivity contribution in [1.29, 1.82) is 0 Å². The number of ether oxygens (including phenoxy) is 1. The van der Waals surface area contributed by atoms with Crippen LogP contribution in [0.15, 0.2) is 12.5 Å². The first-order valence-corrected chi connectivity index (χ1v) is 6.13. The molecule has 0 fully saturated rings. The number of esters is 1. The molecule has 0 amide bonds. The number of carbonyl (C=O) groups is 1. The monoisotopic (exact) mass is 263 g/mol. The van der Waals surface area contributed by atoms with E-state index in [4.69, 9.17) is 10.5 Å². The van der Waals surface area contributed by atoms with Gasteiger partial charge in [0, 0.05) is 13.5 Å². The number of aryl methyl sites for hydroxylation is 1. The van der Waals surface area contributed by atoms with Crippen LogP contribution in [-0.4, -0.2) is 32.1 Å². The van der Waals surface area contributed by atoms with Crippen molar-refractivity contribution in [3.05, 3.63) is 12.5 Å². The number of aromatic nitrogens is 4. The fourth-order valence-electron chi connectivity index (χ4n) is 1.73. The average molecular weight is 263 g/mol. The van der Waals surface area contributed by atoms with Crippen molar-refractivity contribution in [2.45, 2.75) is 26.8 Å². The SMILES string of the molecule is CC(=O)OCC(C)CCn1cnc2cnc(N)nc21. The molecule has 2 aromatic rings. The lowest BCUT2D eigenvalue weighted by Gasteiger charge is -2.11. The fraction of sp³-hybridized carbons (Fsp3) is 0.500. The standard InChI is InChI=1S/C12H17N5O2/c1-8(6-19-9(2)18)3-4-17-7-15-10-5-14-12(13)16-11(10)17/h5,7-8H,3-4,6H2,1-2H3,(H2,13,14,16). The maximum absolute atomic E-state index is 10.7. The van der Waals surface area contributed by atoms with Crippen molar-refractivity contribution in [3.8, 4) is 0 Å². The Morgan fingerprint density at radius 3 is 3.05 bits per heavy atom. The van der Waals surface area contributed by atoms with Crippen LogP contribution in [0.5, 0.6) is 0 Å². The van der Waals surface area contributed by atoms with E-state index in [1.54, 1.807) is 12.5 Å². The minimum absolute atomic E-state index is 0.238. The highest BCUT2D eigenvalue weighted by atomic mass is 16.5. The first kappa shape index (κ1) is 13.3. The quantitative estimate of drug-likeness (QED) is 0.808. The molecule has 19 heavy (non-hydrogen) atoms. The normalized spacial score (nSPS) is 12.5. The number of nitrogens with two attached hydrogens (primary N) is 1. The van der Waals surface area contributed by atoms with Gasteiger partial charge in [0.25, 0.3) is 0 Å². The summed E-state index contributed by atoms with van der Waals surface area (Å²) in [5.74, 6) is 0.267. The molecule has 2 aromatic heterocycles. The summed E-state index contributed by atoms with van der Waals surface area (Å²) in [6.45, 7) is 4.62. The Balaban J connectivity index is 1.98. The Bertz CT molecular complexity index is 581. The highest BCUT2D eigenvalue weighted by Gasteiger charge is 2.08. The van der Waals surface area contributed by atoms with Gasteiger partial charge in [-0.1, -0.05) is 6.92 Å². The second-order valence-electron chi connectivity index (χ2n) is 4.57. The zero-order valence-corrected chi connectivity index (χ0v) is 11.0. The van der Waals surface area contributed by atoms with E-state index in [2.05, 4.69) is 15.0 Å². The van der Waals surface area contributed by atoms with E-state index in [-0.39, 0.29) is 17.8 Å². The van der Waals surface area contributed by atoms with Crippen LogP contribution >= 0.6 is 0 Å². The molecule has 7 heteroatoms. The van der Waals surface area contributed by atoms with Crippen LogP contribution in [0.4, 0.5) is 5.95 Å². The highest BCUT2D eigenvalue weighted by Crippen LogP contribution is 2.12. The summed E-state index contributed by atoms with van der Waals surface area (Å²) in [5.41, 5.74) is 7.02. The summed E-state index contributed by atoms with van der Waals surface area (Å²) in [6.07, 6.45) is 4.19. The summed E-state index contributed by atoms with van der Waals surface area (Å²) in [7, 11) is 0. The number of anilines is 1. The maximum atomic E-state index is 10.7. The molecular formula is C12H17N5O2. The topological polar surface area (TPSA) is 95.9 Å². The van der Waals surface area contributed by atoms with E-state index in [1.807, 2.05) is 11.5 Å². The zero-order chi connectivity index (χ0) is 13.8. The number of nitrogens with zero attached hydrogens (tertiary/aromatic N) is 4. The van der Waals surface area contributed by atoms with Gasteiger partial charge in [-0.05, 0) is 12.3 Å². The molecule has 2 heterocycles. The molecule has 0 saturated carbocycles. The molecule has 0 aromatic carbocycles. The fourth-order valence-corrected chi connectivity index (χ4v) is 1.73. The Hall–Kier alpha value is -2.18. The van der Waals surface area contributed by atoms with Gasteiger partial charge in [-0.3, -0.25) is 4.79 Å². The van der Waals surface area contributed by atoms with Crippen LogP contribution in [0.25, 0.3) is 11.2 Å². The lowest BCUT2D eigenvalue weighted by Crippen LogP contribution is -2.12. The van der Waals surface area contributed by atoms with Crippen molar-refractivity contribution in [3.63, 3.8) is 0 Å². The molecule has 1 unspecified atom stereocenters. The second kappa shape index (κ2) is 5.64. The van der Waals surface area contributed by atoms with Gasteiger partial charge >= 0.3 is 5.97 Å². The smallest absolute Gasteiger partial charge is 0.302 e. The summed E-state index contributed by atoms with van der Waals surface area (Å²) in [6, 6.07) is 0. The Kier molecular flexibility index (Phi) is 3.94. The van der Waals surface area contributed by atoms with Gasteiger partial charge in [0.1, 0.15) is 5.52 Å². The van der Waals surface area contributed by atoms with Crippen molar-refractivity contribution in [2.75, 3.05) is 12.3 Å². The lowest BCUT2D eigenvalue weighted by molar-refractivity contribution is -0.142. The summed E-state index contributed by atoms with van der Waals surface area (Å²) < 4.78 is 6.90. The van der Waals surface area contributed by atoms with E-state index in [0.29, 0.717) is 6.61 Å². The van der Waals surface area contributed by atoms with Crippen LogP contribution in [0.3, 0.4) is 0 Å². The van der Waals surface area contributed by atoms with Gasteiger partial charge < -0.3 is 15.0 Å². The molecule has 0 bridgehead atoms. The summed E-state index contributed by atoms with van der Waals surface area (Å²) in [4.78, 5) is 23.0. The van der Waals surface area contributed by atoms with Crippen molar-refractivity contribution < 1.29 is 9.53 Å². The Labute approximate surface area is 110 Å². The number of rotatable bonds is 5. The van der Waals surface area contributed by atoms with Crippen molar-refractivity contribution in [2.24, 2.45) is 5.92 Å². The molecule has 102 valence electrons. The molecular weight excluding hydrogens is 246 g/mol. The van der Waals surface area contributed by atoms with Gasteiger partial charge in [-0.2, -0.15) is 4.98 Å². The number of fused-ring (bicyclic) bond motifs is 1. The Morgan fingerprint density at radius 2 is 2.32 bits per heavy atom. The number of carbonyl (C=O) groups excluding carboxylic acids is 1. The van der Waals surface area contributed by atoms with Crippen molar-refractivity contribution >= 4 is 23.1 Å². The number of hydrogen-bond acceptors (Lipinski definition) is 6. The average Bonchev–Trinajstić information content (AvgIpc) is 2.76. The minimum Gasteiger partial charge on any atom is -0.466 e. The largest absolute Gasteiger partial charge is 0.466 e. The molecule has 2 rings (SSSR count). The van der Waals surface area contributed by atoms with E-state index < -0.39 is 0 Å². The van der Waals surface area contributed by atoms with Gasteiger partial charge in [0.2, 0.25) is 5.95 Å². The van der Waals surface area contributed by atoms with Gasteiger partial charge in [-0.25, -0.2) is 9.97 Å². The lowest BCUT2D eigenvalue weighted by atomic mass is 10.1. The predicted octanol–water partition coefficient (Wildman–Crippen LogP) is 0.998. The molecule has 7 nitrogen and oxygen atoms in total. The minimum atomic E-state index is -0.250. The molecule has 0 saturated heterocycles. The van der Waals surface area contributed by atoms with Crippen LogP contribution in [0.1, 0.15) is 20.3 Å². The van der Waals surface area contributed by atoms with Crippen LogP contribution in [0.2, 0.25) is 0 Å². The zero-order valence-electron chi connectivity index (χ0n) is 11.0. The van der Waals surface area contributed by atoms with E-state index in [1.165, 1.54) is 6.92 Å². The van der Waals surface area contributed by atoms with E-state index >= 15 is 0 Å². The van der Waals surface area contributed by atoms with Crippen molar-refractivity contribution in [1.82, 2.24) is 19.5 Å². The molecule has 0 spiro atoms. The van der Waals surface area contributed by atoms with Crippen LogP contribution < -0.4 is 5.73 Å². The third-order valence-electron chi connectivity index (χ3n) is 2.81. The van der Waals surface area contributed by atoms with Gasteiger partial charge in [0.15, 0.2) is 5.65 Å². The summed E-state index contributed by atoms with van der Waals surface area (Å²) in [5, 5.41) is 0.